The highest BCUT2D eigenvalue weighted by Gasteiger charge is 2.53. The van der Waals surface area contributed by atoms with E-state index in [1.165, 1.54) is 49.9 Å². The van der Waals surface area contributed by atoms with Crippen molar-refractivity contribution in [2.45, 2.75) is 50.4 Å². The highest BCUT2D eigenvalue weighted by molar-refractivity contribution is 7.15. The molecule has 2 N–H and O–H groups in total. The molecule has 0 unspecified atom stereocenters. The SMILES string of the molecule is O=C(Cc1csc(N2CCNC2=O)n1)Nc1nnc(C23CC4CC(CC(C4)C2)C3)s1. The van der Waals surface area contributed by atoms with Gasteiger partial charge in [-0.3, -0.25) is 9.69 Å². The third-order valence-corrected chi connectivity index (χ3v) is 9.13. The van der Waals surface area contributed by atoms with Crippen molar-refractivity contribution >= 4 is 44.9 Å². The molecule has 1 aliphatic heterocycles. The summed E-state index contributed by atoms with van der Waals surface area (Å²) in [4.78, 5) is 30.4. The molecule has 30 heavy (non-hydrogen) atoms. The van der Waals surface area contributed by atoms with Gasteiger partial charge < -0.3 is 10.6 Å². The molecule has 4 aliphatic carbocycles. The normalized spacial score (nSPS) is 31.9. The van der Waals surface area contributed by atoms with Gasteiger partial charge in [-0.05, 0) is 56.3 Å². The fourth-order valence-electron chi connectivity index (χ4n) is 6.34. The lowest BCUT2D eigenvalue weighted by atomic mass is 9.50. The largest absolute Gasteiger partial charge is 0.336 e. The predicted molar refractivity (Wildman–Crippen MR) is 115 cm³/mol. The van der Waals surface area contributed by atoms with Crippen LogP contribution >= 0.6 is 22.7 Å². The van der Waals surface area contributed by atoms with Gasteiger partial charge in [-0.2, -0.15) is 0 Å². The molecule has 5 aliphatic rings. The number of nitrogens with one attached hydrogen (secondary N) is 2. The lowest BCUT2D eigenvalue weighted by molar-refractivity contribution is -0.115. The zero-order valence-corrected chi connectivity index (χ0v) is 18.2. The van der Waals surface area contributed by atoms with Crippen molar-refractivity contribution in [3.63, 3.8) is 0 Å². The summed E-state index contributed by atoms with van der Waals surface area (Å²) in [6.07, 6.45) is 8.09. The zero-order valence-electron chi connectivity index (χ0n) is 16.6. The van der Waals surface area contributed by atoms with E-state index >= 15 is 0 Å². The molecule has 8 nitrogen and oxygen atoms in total. The van der Waals surface area contributed by atoms with Crippen molar-refractivity contribution in [1.29, 1.82) is 0 Å². The Labute approximate surface area is 182 Å². The van der Waals surface area contributed by atoms with Gasteiger partial charge in [0.15, 0.2) is 5.13 Å². The summed E-state index contributed by atoms with van der Waals surface area (Å²) in [5.41, 5.74) is 0.869. The Kier molecular flexibility index (Phi) is 4.35. The van der Waals surface area contributed by atoms with Gasteiger partial charge in [-0.25, -0.2) is 9.78 Å². The van der Waals surface area contributed by atoms with Crippen LogP contribution in [0.4, 0.5) is 15.1 Å². The van der Waals surface area contributed by atoms with Gasteiger partial charge in [0.05, 0.1) is 12.1 Å². The molecular weight excluding hydrogens is 420 g/mol. The maximum Gasteiger partial charge on any atom is 0.323 e. The zero-order chi connectivity index (χ0) is 20.3. The highest BCUT2D eigenvalue weighted by Crippen LogP contribution is 2.61. The Morgan fingerprint density at radius 2 is 1.93 bits per heavy atom. The van der Waals surface area contributed by atoms with Gasteiger partial charge >= 0.3 is 6.03 Å². The molecule has 3 amide bonds. The van der Waals surface area contributed by atoms with E-state index in [0.29, 0.717) is 29.0 Å². The number of carbonyl (C=O) groups is 2. The summed E-state index contributed by atoms with van der Waals surface area (Å²) in [6, 6.07) is -0.133. The average molecular weight is 445 g/mol. The van der Waals surface area contributed by atoms with Crippen molar-refractivity contribution in [2.75, 3.05) is 23.3 Å². The first-order valence-corrected chi connectivity index (χ1v) is 12.4. The summed E-state index contributed by atoms with van der Waals surface area (Å²) >= 11 is 2.94. The number of carbonyl (C=O) groups excluding carboxylic acids is 2. The molecule has 2 aromatic heterocycles. The Hall–Kier alpha value is -2.07. The molecule has 0 aromatic carbocycles. The van der Waals surface area contributed by atoms with Crippen LogP contribution in [0.15, 0.2) is 5.38 Å². The first kappa shape index (κ1) is 18.7. The second-order valence-corrected chi connectivity index (χ2v) is 11.2. The second-order valence-electron chi connectivity index (χ2n) is 9.34. The number of urea groups is 1. The van der Waals surface area contributed by atoms with E-state index < -0.39 is 0 Å². The van der Waals surface area contributed by atoms with Gasteiger partial charge in [0.2, 0.25) is 11.0 Å². The van der Waals surface area contributed by atoms with Crippen LogP contribution in [0.5, 0.6) is 0 Å². The van der Waals surface area contributed by atoms with Crippen molar-refractivity contribution in [3.8, 4) is 0 Å². The van der Waals surface area contributed by atoms with E-state index in [1.54, 1.807) is 16.2 Å². The molecule has 1 saturated heterocycles. The third kappa shape index (κ3) is 3.20. The van der Waals surface area contributed by atoms with Crippen LogP contribution in [0.3, 0.4) is 0 Å². The number of amides is 3. The topological polar surface area (TPSA) is 100 Å². The van der Waals surface area contributed by atoms with Gasteiger partial charge in [0.25, 0.3) is 0 Å². The number of nitrogens with zero attached hydrogens (tertiary/aromatic N) is 4. The summed E-state index contributed by atoms with van der Waals surface area (Å²) in [5.74, 6) is 2.42. The molecule has 0 spiro atoms. The summed E-state index contributed by atoms with van der Waals surface area (Å²) in [6.45, 7) is 1.23. The van der Waals surface area contributed by atoms with E-state index in [0.717, 1.165) is 22.8 Å². The first-order chi connectivity index (χ1) is 14.6. The van der Waals surface area contributed by atoms with E-state index in [4.69, 9.17) is 0 Å². The van der Waals surface area contributed by atoms with E-state index in [9.17, 15) is 9.59 Å². The van der Waals surface area contributed by atoms with Crippen LogP contribution < -0.4 is 15.5 Å². The minimum Gasteiger partial charge on any atom is -0.336 e. The summed E-state index contributed by atoms with van der Waals surface area (Å²) in [5, 5.41) is 18.6. The second kappa shape index (κ2) is 6.98. The Balaban J connectivity index is 1.11. The molecule has 0 radical (unpaired) electrons. The number of hydrogen-bond donors (Lipinski definition) is 2. The minimum absolute atomic E-state index is 0.133. The number of rotatable bonds is 5. The van der Waals surface area contributed by atoms with Crippen LogP contribution in [0.1, 0.15) is 49.2 Å². The van der Waals surface area contributed by atoms with Gasteiger partial charge in [0, 0.05) is 23.9 Å². The van der Waals surface area contributed by atoms with Crippen LogP contribution in [-0.2, 0) is 16.6 Å². The molecule has 4 bridgehead atoms. The van der Waals surface area contributed by atoms with Crippen LogP contribution in [0, 0.1) is 17.8 Å². The van der Waals surface area contributed by atoms with Crippen molar-refractivity contribution < 1.29 is 9.59 Å². The summed E-state index contributed by atoms with van der Waals surface area (Å²) < 4.78 is 0. The average Bonchev–Trinajstić information content (AvgIpc) is 3.42. The van der Waals surface area contributed by atoms with Gasteiger partial charge in [-0.1, -0.05) is 11.3 Å². The summed E-state index contributed by atoms with van der Waals surface area (Å²) in [7, 11) is 0. The number of aromatic nitrogens is 3. The standard InChI is InChI=1S/C20H24N6O2S2/c27-15(6-14-10-29-19(22-14)26-2-1-21-18(26)28)23-17-25-24-16(30-17)20-7-11-3-12(8-20)5-13(4-11)9-20/h10-13H,1-9H2,(H,21,28)(H,23,25,27). The van der Waals surface area contributed by atoms with E-state index in [1.807, 2.05) is 5.38 Å². The third-order valence-electron chi connectivity index (χ3n) is 7.13. The van der Waals surface area contributed by atoms with Crippen LogP contribution in [-0.4, -0.2) is 40.2 Å². The maximum atomic E-state index is 12.5. The maximum absolute atomic E-state index is 12.5. The van der Waals surface area contributed by atoms with Gasteiger partial charge in [0.1, 0.15) is 5.01 Å². The fourth-order valence-corrected chi connectivity index (χ4v) is 8.17. The Bertz CT molecular complexity index is 966. The molecule has 5 fully saturated rings. The Morgan fingerprint density at radius 3 is 2.60 bits per heavy atom. The van der Waals surface area contributed by atoms with Crippen molar-refractivity contribution in [3.05, 3.63) is 16.1 Å². The van der Waals surface area contributed by atoms with E-state index in [-0.39, 0.29) is 23.8 Å². The van der Waals surface area contributed by atoms with Gasteiger partial charge in [-0.15, -0.1) is 21.5 Å². The number of thiazole rings is 1. The minimum atomic E-state index is -0.147. The number of hydrogen-bond acceptors (Lipinski definition) is 7. The van der Waals surface area contributed by atoms with Crippen LogP contribution in [0.2, 0.25) is 0 Å². The first-order valence-electron chi connectivity index (χ1n) is 10.7. The lowest BCUT2D eigenvalue weighted by Gasteiger charge is -2.55. The Morgan fingerprint density at radius 1 is 1.20 bits per heavy atom. The number of anilines is 2. The fraction of sp³-hybridized carbons (Fsp3) is 0.650. The van der Waals surface area contributed by atoms with Crippen LogP contribution in [0.25, 0.3) is 0 Å². The predicted octanol–water partition coefficient (Wildman–Crippen LogP) is 3.17. The molecule has 0 atom stereocenters. The molecule has 2 aromatic rings. The molecule has 4 saturated carbocycles. The highest BCUT2D eigenvalue weighted by atomic mass is 32.1. The quantitative estimate of drug-likeness (QED) is 0.738. The monoisotopic (exact) mass is 444 g/mol. The van der Waals surface area contributed by atoms with Crippen molar-refractivity contribution in [1.82, 2.24) is 20.5 Å². The molecule has 7 rings (SSSR count). The van der Waals surface area contributed by atoms with E-state index in [2.05, 4.69) is 25.8 Å². The van der Waals surface area contributed by atoms with Crippen molar-refractivity contribution in [2.24, 2.45) is 17.8 Å². The lowest BCUT2D eigenvalue weighted by Crippen LogP contribution is -2.48. The molecular formula is C20H24N6O2S2. The smallest absolute Gasteiger partial charge is 0.323 e. The molecule has 3 heterocycles. The molecule has 10 heteroatoms. The molecule has 158 valence electrons.